The molecule has 0 unspecified atom stereocenters. The number of hydrogen-bond donors (Lipinski definition) is 1. The van der Waals surface area contributed by atoms with Crippen molar-refractivity contribution in [3.8, 4) is 0 Å². The first kappa shape index (κ1) is 12.0. The standard InChI is InChI=1S/C11H7BrClN3O/c12-8-5-7(1-2-9(8)13)16-11(17)10-6-14-3-4-15-10/h1-6H,(H,16,17). The normalized spacial score (nSPS) is 10.0. The number of anilines is 1. The van der Waals surface area contributed by atoms with E-state index in [0.29, 0.717) is 10.7 Å². The topological polar surface area (TPSA) is 54.9 Å². The first-order valence-electron chi connectivity index (χ1n) is 4.69. The van der Waals surface area contributed by atoms with E-state index in [1.165, 1.54) is 18.6 Å². The lowest BCUT2D eigenvalue weighted by molar-refractivity contribution is 0.102. The van der Waals surface area contributed by atoms with Gasteiger partial charge in [-0.3, -0.25) is 9.78 Å². The highest BCUT2D eigenvalue weighted by Gasteiger charge is 2.08. The van der Waals surface area contributed by atoms with Gasteiger partial charge in [0.2, 0.25) is 0 Å². The zero-order valence-corrected chi connectivity index (χ0v) is 10.9. The van der Waals surface area contributed by atoms with Crippen LogP contribution in [0.25, 0.3) is 0 Å². The molecule has 1 N–H and O–H groups in total. The SMILES string of the molecule is O=C(Nc1ccc(Cl)c(Br)c1)c1cnccn1. The first-order valence-corrected chi connectivity index (χ1v) is 5.86. The van der Waals surface area contributed by atoms with Gasteiger partial charge in [0.05, 0.1) is 11.2 Å². The van der Waals surface area contributed by atoms with Crippen LogP contribution in [0.5, 0.6) is 0 Å². The summed E-state index contributed by atoms with van der Waals surface area (Å²) in [5, 5.41) is 3.28. The van der Waals surface area contributed by atoms with Gasteiger partial charge in [-0.05, 0) is 34.1 Å². The molecular formula is C11H7BrClN3O. The molecule has 17 heavy (non-hydrogen) atoms. The third kappa shape index (κ3) is 3.01. The van der Waals surface area contributed by atoms with Gasteiger partial charge in [-0.25, -0.2) is 4.98 Å². The van der Waals surface area contributed by atoms with Crippen molar-refractivity contribution in [3.05, 3.63) is 52.0 Å². The third-order valence-electron chi connectivity index (χ3n) is 1.97. The second-order valence-corrected chi connectivity index (χ2v) is 4.44. The van der Waals surface area contributed by atoms with Crippen LogP contribution in [-0.2, 0) is 0 Å². The zero-order valence-electron chi connectivity index (χ0n) is 8.52. The molecule has 1 amide bonds. The summed E-state index contributed by atoms with van der Waals surface area (Å²) in [6.07, 6.45) is 4.38. The Balaban J connectivity index is 2.16. The molecule has 2 rings (SSSR count). The lowest BCUT2D eigenvalue weighted by Gasteiger charge is -2.05. The molecule has 6 heteroatoms. The predicted octanol–water partition coefficient (Wildman–Crippen LogP) is 3.14. The Bertz CT molecular complexity index is 548. The summed E-state index contributed by atoms with van der Waals surface area (Å²) >= 11 is 9.13. The van der Waals surface area contributed by atoms with Crippen LogP contribution in [0.4, 0.5) is 5.69 Å². The van der Waals surface area contributed by atoms with Crippen LogP contribution in [-0.4, -0.2) is 15.9 Å². The van der Waals surface area contributed by atoms with Gasteiger partial charge < -0.3 is 5.32 Å². The minimum Gasteiger partial charge on any atom is -0.321 e. The second-order valence-electron chi connectivity index (χ2n) is 3.17. The average Bonchev–Trinajstić information content (AvgIpc) is 2.35. The summed E-state index contributed by atoms with van der Waals surface area (Å²) in [7, 11) is 0. The van der Waals surface area contributed by atoms with Crippen LogP contribution in [0, 0.1) is 0 Å². The van der Waals surface area contributed by atoms with Crippen molar-refractivity contribution in [2.45, 2.75) is 0 Å². The molecule has 0 aliphatic rings. The molecule has 0 spiro atoms. The number of nitrogens with zero attached hydrogens (tertiary/aromatic N) is 2. The Kier molecular flexibility index (Phi) is 3.71. The number of nitrogens with one attached hydrogen (secondary N) is 1. The fourth-order valence-corrected chi connectivity index (χ4v) is 1.68. The zero-order chi connectivity index (χ0) is 12.3. The maximum Gasteiger partial charge on any atom is 0.275 e. The highest BCUT2D eigenvalue weighted by atomic mass is 79.9. The van der Waals surface area contributed by atoms with E-state index in [1.807, 2.05) is 0 Å². The van der Waals surface area contributed by atoms with Crippen molar-refractivity contribution in [1.29, 1.82) is 0 Å². The summed E-state index contributed by atoms with van der Waals surface area (Å²) < 4.78 is 0.719. The lowest BCUT2D eigenvalue weighted by atomic mass is 10.3. The Morgan fingerprint density at radius 1 is 1.35 bits per heavy atom. The quantitative estimate of drug-likeness (QED) is 0.927. The van der Waals surface area contributed by atoms with Crippen LogP contribution in [0.1, 0.15) is 10.5 Å². The summed E-state index contributed by atoms with van der Waals surface area (Å²) in [4.78, 5) is 19.5. The Labute approximate surface area is 111 Å². The minimum absolute atomic E-state index is 0.263. The molecule has 0 fully saturated rings. The number of carbonyl (C=O) groups is 1. The maximum atomic E-state index is 11.7. The van der Waals surface area contributed by atoms with Crippen LogP contribution >= 0.6 is 27.5 Å². The number of halogens is 2. The van der Waals surface area contributed by atoms with Gasteiger partial charge in [0.25, 0.3) is 5.91 Å². The molecule has 1 aromatic carbocycles. The second kappa shape index (κ2) is 5.25. The smallest absolute Gasteiger partial charge is 0.275 e. The van der Waals surface area contributed by atoms with E-state index in [-0.39, 0.29) is 11.6 Å². The lowest BCUT2D eigenvalue weighted by Crippen LogP contribution is -2.13. The van der Waals surface area contributed by atoms with Crippen molar-refractivity contribution in [2.75, 3.05) is 5.32 Å². The monoisotopic (exact) mass is 311 g/mol. The molecule has 0 radical (unpaired) electrons. The Hall–Kier alpha value is -1.46. The van der Waals surface area contributed by atoms with Crippen LogP contribution in [0.3, 0.4) is 0 Å². The Morgan fingerprint density at radius 2 is 2.18 bits per heavy atom. The van der Waals surface area contributed by atoms with E-state index in [2.05, 4.69) is 31.2 Å². The van der Waals surface area contributed by atoms with Gasteiger partial charge in [-0.2, -0.15) is 0 Å². The van der Waals surface area contributed by atoms with Gasteiger partial charge in [0.15, 0.2) is 0 Å². The molecule has 1 aromatic heterocycles. The molecule has 0 bridgehead atoms. The van der Waals surface area contributed by atoms with Gasteiger partial charge in [-0.15, -0.1) is 0 Å². The molecule has 0 saturated heterocycles. The molecule has 86 valence electrons. The molecule has 0 aliphatic carbocycles. The van der Waals surface area contributed by atoms with Gasteiger partial charge >= 0.3 is 0 Å². The highest BCUT2D eigenvalue weighted by Crippen LogP contribution is 2.25. The number of carbonyl (C=O) groups excluding carboxylic acids is 1. The maximum absolute atomic E-state index is 11.7. The van der Waals surface area contributed by atoms with E-state index < -0.39 is 0 Å². The van der Waals surface area contributed by atoms with E-state index >= 15 is 0 Å². The molecule has 0 saturated carbocycles. The molecule has 2 aromatic rings. The van der Waals surface area contributed by atoms with Crippen molar-refractivity contribution >= 4 is 39.1 Å². The van der Waals surface area contributed by atoms with Gasteiger partial charge in [0, 0.05) is 22.6 Å². The number of rotatable bonds is 2. The van der Waals surface area contributed by atoms with Crippen LogP contribution in [0.2, 0.25) is 5.02 Å². The summed E-state index contributed by atoms with van der Waals surface area (Å²) in [6, 6.07) is 5.12. The molecule has 4 nitrogen and oxygen atoms in total. The summed E-state index contributed by atoms with van der Waals surface area (Å²) in [5.74, 6) is -0.313. The van der Waals surface area contributed by atoms with Gasteiger partial charge in [-0.1, -0.05) is 11.6 Å². The minimum atomic E-state index is -0.313. The Morgan fingerprint density at radius 3 is 2.82 bits per heavy atom. The summed E-state index contributed by atoms with van der Waals surface area (Å²) in [6.45, 7) is 0. The van der Waals surface area contributed by atoms with Crippen LogP contribution < -0.4 is 5.32 Å². The fraction of sp³-hybridized carbons (Fsp3) is 0. The first-order chi connectivity index (χ1) is 8.16. The number of benzene rings is 1. The predicted molar refractivity (Wildman–Crippen MR) is 69.1 cm³/mol. The molecular weight excluding hydrogens is 305 g/mol. The molecule has 1 heterocycles. The van der Waals surface area contributed by atoms with E-state index in [9.17, 15) is 4.79 Å². The van der Waals surface area contributed by atoms with Crippen molar-refractivity contribution in [1.82, 2.24) is 9.97 Å². The van der Waals surface area contributed by atoms with Gasteiger partial charge in [0.1, 0.15) is 5.69 Å². The average molecular weight is 313 g/mol. The number of amides is 1. The van der Waals surface area contributed by atoms with Crippen molar-refractivity contribution in [2.24, 2.45) is 0 Å². The van der Waals surface area contributed by atoms with Crippen molar-refractivity contribution in [3.63, 3.8) is 0 Å². The number of aromatic nitrogens is 2. The molecule has 0 aliphatic heterocycles. The summed E-state index contributed by atoms with van der Waals surface area (Å²) in [5.41, 5.74) is 0.899. The van der Waals surface area contributed by atoms with E-state index in [0.717, 1.165) is 4.47 Å². The number of hydrogen-bond acceptors (Lipinski definition) is 3. The third-order valence-corrected chi connectivity index (χ3v) is 3.19. The highest BCUT2D eigenvalue weighted by molar-refractivity contribution is 9.10. The molecule has 0 atom stereocenters. The van der Waals surface area contributed by atoms with E-state index in [4.69, 9.17) is 11.6 Å². The van der Waals surface area contributed by atoms with E-state index in [1.54, 1.807) is 18.2 Å². The van der Waals surface area contributed by atoms with Crippen molar-refractivity contribution < 1.29 is 4.79 Å². The fourth-order valence-electron chi connectivity index (χ4n) is 1.19. The van der Waals surface area contributed by atoms with Crippen LogP contribution in [0.15, 0.2) is 41.3 Å². The largest absolute Gasteiger partial charge is 0.321 e.